The van der Waals surface area contributed by atoms with Gasteiger partial charge in [0.2, 0.25) is 0 Å². The van der Waals surface area contributed by atoms with Gasteiger partial charge in [0.25, 0.3) is 0 Å². The Morgan fingerprint density at radius 3 is 2.54 bits per heavy atom. The quantitative estimate of drug-likeness (QED) is 0.361. The minimum absolute atomic E-state index is 0. The molecule has 1 fully saturated rings. The van der Waals surface area contributed by atoms with Gasteiger partial charge in [0.15, 0.2) is 5.96 Å². The predicted molar refractivity (Wildman–Crippen MR) is 129 cm³/mol. The summed E-state index contributed by atoms with van der Waals surface area (Å²) in [6, 6.07) is 10.8. The van der Waals surface area contributed by atoms with E-state index in [1.54, 1.807) is 0 Å². The number of nitrogens with zero attached hydrogens (tertiary/aromatic N) is 3. The molecule has 0 saturated carbocycles. The van der Waals surface area contributed by atoms with Crippen LogP contribution in [0.15, 0.2) is 41.5 Å². The molecule has 5 nitrogen and oxygen atoms in total. The zero-order valence-corrected chi connectivity index (χ0v) is 19.5. The van der Waals surface area contributed by atoms with Gasteiger partial charge in [0.05, 0.1) is 6.54 Å². The topological polar surface area (TPSA) is 52.6 Å². The maximum atomic E-state index is 4.71. The molecule has 28 heavy (non-hydrogen) atoms. The van der Waals surface area contributed by atoms with E-state index in [0.717, 1.165) is 43.5 Å². The average Bonchev–Trinajstić information content (AvgIpc) is 3.20. The summed E-state index contributed by atoms with van der Waals surface area (Å²) in [6.07, 6.45) is 4.49. The summed E-state index contributed by atoms with van der Waals surface area (Å²) in [5, 5.41) is 6.75. The molecule has 1 aliphatic heterocycles. The van der Waals surface area contributed by atoms with E-state index >= 15 is 0 Å². The molecule has 1 aromatic carbocycles. The van der Waals surface area contributed by atoms with Crippen molar-refractivity contribution in [1.29, 1.82) is 0 Å². The molecule has 0 aliphatic carbocycles. The molecular formula is C22H32IN5. The van der Waals surface area contributed by atoms with Gasteiger partial charge >= 0.3 is 0 Å². The van der Waals surface area contributed by atoms with Gasteiger partial charge in [-0.3, -0.25) is 0 Å². The first-order valence-corrected chi connectivity index (χ1v) is 9.94. The van der Waals surface area contributed by atoms with Crippen LogP contribution in [0.2, 0.25) is 0 Å². The number of nitrogens with one attached hydrogen (secondary N) is 2. The van der Waals surface area contributed by atoms with Gasteiger partial charge in [0, 0.05) is 32.4 Å². The SMILES string of the molecule is CCNC(=NCc1ccc(N2CCCC2)nc1)NCc1ccc(C)cc1C.I. The summed E-state index contributed by atoms with van der Waals surface area (Å²) in [4.78, 5) is 11.7. The molecule has 0 radical (unpaired) electrons. The normalized spacial score (nSPS) is 14.0. The Bertz CT molecular complexity index is 767. The number of benzene rings is 1. The van der Waals surface area contributed by atoms with E-state index in [0.29, 0.717) is 6.54 Å². The van der Waals surface area contributed by atoms with E-state index < -0.39 is 0 Å². The molecule has 6 heteroatoms. The molecule has 2 aromatic rings. The van der Waals surface area contributed by atoms with Gasteiger partial charge in [0.1, 0.15) is 5.82 Å². The van der Waals surface area contributed by atoms with Crippen LogP contribution in [0.3, 0.4) is 0 Å². The highest BCUT2D eigenvalue weighted by atomic mass is 127. The van der Waals surface area contributed by atoms with Crippen LogP contribution in [-0.2, 0) is 13.1 Å². The summed E-state index contributed by atoms with van der Waals surface area (Å²) < 4.78 is 0. The Labute approximate surface area is 186 Å². The lowest BCUT2D eigenvalue weighted by Gasteiger charge is -2.16. The van der Waals surface area contributed by atoms with Crippen LogP contribution < -0.4 is 15.5 Å². The van der Waals surface area contributed by atoms with E-state index in [1.165, 1.54) is 29.5 Å². The van der Waals surface area contributed by atoms with Crippen LogP contribution in [0.5, 0.6) is 0 Å². The Hall–Kier alpha value is -1.83. The lowest BCUT2D eigenvalue weighted by Crippen LogP contribution is -2.36. The van der Waals surface area contributed by atoms with Crippen LogP contribution in [0.4, 0.5) is 5.82 Å². The van der Waals surface area contributed by atoms with Crippen molar-refractivity contribution >= 4 is 35.8 Å². The van der Waals surface area contributed by atoms with Crippen molar-refractivity contribution in [2.24, 2.45) is 4.99 Å². The Morgan fingerprint density at radius 2 is 1.89 bits per heavy atom. The number of pyridine rings is 1. The van der Waals surface area contributed by atoms with Crippen LogP contribution in [0.1, 0.15) is 42.0 Å². The molecule has 0 amide bonds. The molecule has 2 heterocycles. The van der Waals surface area contributed by atoms with Gasteiger partial charge in [-0.05, 0) is 56.4 Å². The molecule has 0 spiro atoms. The summed E-state index contributed by atoms with van der Waals surface area (Å²) in [5.41, 5.74) is 5.02. The molecule has 0 unspecified atom stereocenters. The molecule has 0 atom stereocenters. The van der Waals surface area contributed by atoms with E-state index in [1.807, 2.05) is 6.20 Å². The number of hydrogen-bond acceptors (Lipinski definition) is 3. The molecule has 2 N–H and O–H groups in total. The number of anilines is 1. The summed E-state index contributed by atoms with van der Waals surface area (Å²) in [7, 11) is 0. The zero-order valence-electron chi connectivity index (χ0n) is 17.2. The average molecular weight is 493 g/mol. The first-order valence-electron chi connectivity index (χ1n) is 9.94. The van der Waals surface area contributed by atoms with Crippen molar-refractivity contribution in [2.75, 3.05) is 24.5 Å². The van der Waals surface area contributed by atoms with E-state index in [2.05, 4.69) is 71.6 Å². The van der Waals surface area contributed by atoms with E-state index in [9.17, 15) is 0 Å². The summed E-state index contributed by atoms with van der Waals surface area (Å²) in [6.45, 7) is 10.8. The van der Waals surface area contributed by atoms with Gasteiger partial charge in [-0.2, -0.15) is 0 Å². The number of aromatic nitrogens is 1. The Morgan fingerprint density at radius 1 is 1.11 bits per heavy atom. The first kappa shape index (κ1) is 22.5. The smallest absolute Gasteiger partial charge is 0.191 e. The highest BCUT2D eigenvalue weighted by Crippen LogP contribution is 2.17. The largest absolute Gasteiger partial charge is 0.357 e. The highest BCUT2D eigenvalue weighted by molar-refractivity contribution is 14.0. The van der Waals surface area contributed by atoms with Gasteiger partial charge in [-0.15, -0.1) is 24.0 Å². The fourth-order valence-corrected chi connectivity index (χ4v) is 3.38. The van der Waals surface area contributed by atoms with Crippen molar-refractivity contribution in [3.05, 3.63) is 58.8 Å². The van der Waals surface area contributed by atoms with E-state index in [-0.39, 0.29) is 24.0 Å². The maximum absolute atomic E-state index is 4.71. The first-order chi connectivity index (χ1) is 13.2. The van der Waals surface area contributed by atoms with Gasteiger partial charge < -0.3 is 15.5 Å². The van der Waals surface area contributed by atoms with Crippen molar-refractivity contribution in [1.82, 2.24) is 15.6 Å². The van der Waals surface area contributed by atoms with Crippen LogP contribution in [-0.4, -0.2) is 30.6 Å². The van der Waals surface area contributed by atoms with Crippen molar-refractivity contribution in [3.8, 4) is 0 Å². The maximum Gasteiger partial charge on any atom is 0.191 e. The molecule has 1 aromatic heterocycles. The second-order valence-corrected chi connectivity index (χ2v) is 7.20. The van der Waals surface area contributed by atoms with Crippen LogP contribution >= 0.6 is 24.0 Å². The molecule has 152 valence electrons. The lowest BCUT2D eigenvalue weighted by molar-refractivity contribution is 0.811. The minimum atomic E-state index is 0. The summed E-state index contributed by atoms with van der Waals surface area (Å²) in [5.74, 6) is 1.92. The molecular weight excluding hydrogens is 461 g/mol. The fraction of sp³-hybridized carbons (Fsp3) is 0.455. The monoisotopic (exact) mass is 493 g/mol. The predicted octanol–water partition coefficient (Wildman–Crippen LogP) is 4.17. The molecule has 3 rings (SSSR count). The van der Waals surface area contributed by atoms with Gasteiger partial charge in [-0.1, -0.05) is 29.8 Å². The number of hydrogen-bond donors (Lipinski definition) is 2. The number of aliphatic imine (C=N–C) groups is 1. The van der Waals surface area contributed by atoms with Crippen molar-refractivity contribution in [3.63, 3.8) is 0 Å². The molecule has 1 saturated heterocycles. The molecule has 0 bridgehead atoms. The third-order valence-corrected chi connectivity index (χ3v) is 4.95. The van der Waals surface area contributed by atoms with E-state index in [4.69, 9.17) is 4.99 Å². The second kappa shape index (κ2) is 11.2. The van der Waals surface area contributed by atoms with Gasteiger partial charge in [-0.25, -0.2) is 9.98 Å². The van der Waals surface area contributed by atoms with Crippen molar-refractivity contribution < 1.29 is 0 Å². The minimum Gasteiger partial charge on any atom is -0.357 e. The number of rotatable bonds is 6. The Kier molecular flexibility index (Phi) is 9.02. The van der Waals surface area contributed by atoms with Crippen molar-refractivity contribution in [2.45, 2.75) is 46.7 Å². The van der Waals surface area contributed by atoms with Crippen LogP contribution in [0.25, 0.3) is 0 Å². The number of aryl methyl sites for hydroxylation is 2. The number of halogens is 1. The zero-order chi connectivity index (χ0) is 19.1. The van der Waals surface area contributed by atoms with Crippen LogP contribution in [0, 0.1) is 13.8 Å². The third kappa shape index (κ3) is 6.36. The molecule has 1 aliphatic rings. The second-order valence-electron chi connectivity index (χ2n) is 7.20. The fourth-order valence-electron chi connectivity index (χ4n) is 3.38. The number of guanidine groups is 1. The standard InChI is InChI=1S/C22H31N5.HI/c1-4-23-22(26-16-20-9-7-17(2)13-18(20)3)25-15-19-8-10-21(24-14-19)27-11-5-6-12-27;/h7-10,13-14H,4-6,11-12,15-16H2,1-3H3,(H2,23,25,26);1H. The summed E-state index contributed by atoms with van der Waals surface area (Å²) >= 11 is 0. The lowest BCUT2D eigenvalue weighted by atomic mass is 10.1. The highest BCUT2D eigenvalue weighted by Gasteiger charge is 2.12. The third-order valence-electron chi connectivity index (χ3n) is 4.95. The Balaban J connectivity index is 0.00000280.